The summed E-state index contributed by atoms with van der Waals surface area (Å²) in [6.45, 7) is -1.17. The Morgan fingerprint density at radius 3 is 2.03 bits per heavy atom. The van der Waals surface area contributed by atoms with Gasteiger partial charge in [-0.15, -0.1) is 0 Å². The van der Waals surface area contributed by atoms with E-state index in [1.807, 2.05) is 6.07 Å². The molecule has 0 amide bonds. The summed E-state index contributed by atoms with van der Waals surface area (Å²) in [7, 11) is 0. The zero-order valence-electron chi connectivity index (χ0n) is 20.0. The van der Waals surface area contributed by atoms with Gasteiger partial charge in [-0.25, -0.2) is 13.2 Å². The highest BCUT2D eigenvalue weighted by molar-refractivity contribution is 5.91. The van der Waals surface area contributed by atoms with Crippen molar-refractivity contribution in [2.75, 3.05) is 0 Å². The predicted molar refractivity (Wildman–Crippen MR) is 134 cm³/mol. The zero-order valence-corrected chi connectivity index (χ0v) is 20.0. The second kappa shape index (κ2) is 11.5. The highest BCUT2D eigenvalue weighted by atomic mass is 19.3. The Hall–Kier alpha value is -3.41. The van der Waals surface area contributed by atoms with Gasteiger partial charge in [-0.3, -0.25) is 0 Å². The minimum absolute atomic E-state index is 0.0417. The van der Waals surface area contributed by atoms with Crippen molar-refractivity contribution in [3.8, 4) is 28.0 Å². The normalized spacial score (nSPS) is 11.4. The third-order valence-electron chi connectivity index (χ3n) is 6.33. The zero-order chi connectivity index (χ0) is 25.7. The summed E-state index contributed by atoms with van der Waals surface area (Å²) >= 11 is 0. The molecule has 0 aliphatic carbocycles. The first-order chi connectivity index (χ1) is 17.4. The van der Waals surface area contributed by atoms with Gasteiger partial charge < -0.3 is 4.74 Å². The van der Waals surface area contributed by atoms with Crippen LogP contribution in [0.15, 0.2) is 66.7 Å². The van der Waals surface area contributed by atoms with Gasteiger partial charge in [-0.1, -0.05) is 81.1 Å². The molecule has 0 N–H and O–H groups in total. The van der Waals surface area contributed by atoms with E-state index in [9.17, 15) is 17.6 Å². The monoisotopic (exact) mass is 498 g/mol. The topological polar surface area (TPSA) is 9.23 Å². The molecule has 4 aromatic rings. The van der Waals surface area contributed by atoms with Crippen molar-refractivity contribution >= 4 is 10.8 Å². The lowest BCUT2D eigenvalue weighted by molar-refractivity contribution is -0.0546. The van der Waals surface area contributed by atoms with E-state index in [1.165, 1.54) is 43.7 Å². The van der Waals surface area contributed by atoms with E-state index in [0.29, 0.717) is 5.39 Å². The van der Waals surface area contributed by atoms with Crippen LogP contribution in [0.3, 0.4) is 0 Å². The Morgan fingerprint density at radius 2 is 1.36 bits per heavy atom. The van der Waals surface area contributed by atoms with E-state index in [2.05, 4.69) is 35.9 Å². The Bertz CT molecular complexity index is 1310. The van der Waals surface area contributed by atoms with Crippen LogP contribution >= 0.6 is 0 Å². The van der Waals surface area contributed by atoms with Crippen LogP contribution in [0.5, 0.6) is 5.75 Å². The summed E-state index contributed by atoms with van der Waals surface area (Å²) in [5, 5.41) is 0.918. The Kier molecular flexibility index (Phi) is 8.24. The Labute approximate surface area is 207 Å². The number of hydrogen-bond acceptors (Lipinski definition) is 1. The average molecular weight is 499 g/mol. The predicted octanol–water partition coefficient (Wildman–Crippen LogP) is 9.71. The molecule has 0 aliphatic rings. The van der Waals surface area contributed by atoms with Crippen LogP contribution in [-0.2, 0) is 6.42 Å². The number of aryl methyl sites for hydroxylation is 1. The molecule has 4 aromatic carbocycles. The smallest absolute Gasteiger partial charge is 0.387 e. The van der Waals surface area contributed by atoms with Gasteiger partial charge in [-0.2, -0.15) is 8.78 Å². The third kappa shape index (κ3) is 5.86. The minimum atomic E-state index is -3.38. The molecule has 0 spiro atoms. The Morgan fingerprint density at radius 1 is 0.694 bits per heavy atom. The molecule has 0 heterocycles. The molecule has 0 saturated heterocycles. The summed E-state index contributed by atoms with van der Waals surface area (Å²) in [5.41, 5.74) is 3.07. The first-order valence-electron chi connectivity index (χ1n) is 12.1. The molecule has 0 unspecified atom stereocenters. The molecule has 0 fully saturated rings. The lowest BCUT2D eigenvalue weighted by Gasteiger charge is -2.12. The van der Waals surface area contributed by atoms with Crippen LogP contribution < -0.4 is 4.74 Å². The van der Waals surface area contributed by atoms with Crippen molar-refractivity contribution in [3.63, 3.8) is 0 Å². The molecule has 0 radical (unpaired) electrons. The van der Waals surface area contributed by atoms with Crippen LogP contribution in [0.25, 0.3) is 33.0 Å². The summed E-state index contributed by atoms with van der Waals surface area (Å²) in [6, 6.07) is 18.3. The number of alkyl halides is 2. The van der Waals surface area contributed by atoms with Crippen LogP contribution in [0.2, 0.25) is 0 Å². The molecular formula is C30H27F5O. The Balaban J connectivity index is 1.56. The summed E-state index contributed by atoms with van der Waals surface area (Å²) < 4.78 is 72.3. The van der Waals surface area contributed by atoms with E-state index >= 15 is 4.39 Å². The lowest BCUT2D eigenvalue weighted by Crippen LogP contribution is -2.06. The van der Waals surface area contributed by atoms with Gasteiger partial charge in [0.2, 0.25) is 0 Å². The van der Waals surface area contributed by atoms with E-state index in [-0.39, 0.29) is 16.5 Å². The van der Waals surface area contributed by atoms with Gasteiger partial charge in [0.1, 0.15) is 5.82 Å². The molecule has 4 rings (SSSR count). The van der Waals surface area contributed by atoms with Crippen molar-refractivity contribution < 1.29 is 26.7 Å². The summed E-state index contributed by atoms with van der Waals surface area (Å²) in [5.74, 6) is -4.50. The second-order valence-electron chi connectivity index (χ2n) is 8.87. The number of unbranched alkanes of at least 4 members (excludes halogenated alkanes) is 4. The fraction of sp³-hybridized carbons (Fsp3) is 0.267. The van der Waals surface area contributed by atoms with Crippen LogP contribution in [0, 0.1) is 17.5 Å². The van der Waals surface area contributed by atoms with Crippen molar-refractivity contribution in [2.45, 2.75) is 52.1 Å². The number of halogens is 5. The molecule has 0 bridgehead atoms. The highest BCUT2D eigenvalue weighted by Gasteiger charge is 2.19. The fourth-order valence-electron chi connectivity index (χ4n) is 4.41. The SMILES string of the molecule is CCCCCCCc1ccc(-c2ccc3c(F)c(-c4cc(F)c(OC(F)F)c(F)c4)ccc3c2)cc1. The molecule has 0 atom stereocenters. The highest BCUT2D eigenvalue weighted by Crippen LogP contribution is 2.35. The van der Waals surface area contributed by atoms with Crippen LogP contribution in [0.1, 0.15) is 44.6 Å². The minimum Gasteiger partial charge on any atom is -0.429 e. The van der Waals surface area contributed by atoms with Crippen molar-refractivity contribution in [1.82, 2.24) is 0 Å². The van der Waals surface area contributed by atoms with E-state index < -0.39 is 29.8 Å². The molecule has 1 nitrogen and oxygen atoms in total. The second-order valence-corrected chi connectivity index (χ2v) is 8.87. The van der Waals surface area contributed by atoms with Crippen LogP contribution in [-0.4, -0.2) is 6.61 Å². The molecular weight excluding hydrogens is 471 g/mol. The standard InChI is InChI=1S/C30H27F5O/c1-2-3-4-5-6-7-19-8-10-20(11-9-19)21-12-14-24-22(16-21)13-15-25(28(24)33)23-17-26(31)29(27(32)18-23)36-30(34)35/h8-18,30H,2-7H2,1H3. The summed E-state index contributed by atoms with van der Waals surface area (Å²) in [6.07, 6.45) is 7.24. The van der Waals surface area contributed by atoms with Gasteiger partial charge in [0.25, 0.3) is 0 Å². The molecule has 36 heavy (non-hydrogen) atoms. The number of hydrogen-bond donors (Lipinski definition) is 0. The van der Waals surface area contributed by atoms with Gasteiger partial charge in [0, 0.05) is 10.9 Å². The maximum absolute atomic E-state index is 15.3. The maximum Gasteiger partial charge on any atom is 0.387 e. The third-order valence-corrected chi connectivity index (χ3v) is 6.33. The molecule has 0 aliphatic heterocycles. The number of benzene rings is 4. The number of ether oxygens (including phenoxy) is 1. The summed E-state index contributed by atoms with van der Waals surface area (Å²) in [4.78, 5) is 0. The first kappa shape index (κ1) is 25.7. The molecule has 0 aromatic heterocycles. The maximum atomic E-state index is 15.3. The molecule has 0 saturated carbocycles. The molecule has 188 valence electrons. The van der Waals surface area contributed by atoms with Crippen molar-refractivity contribution in [2.24, 2.45) is 0 Å². The van der Waals surface area contributed by atoms with Crippen LogP contribution in [0.4, 0.5) is 22.0 Å². The van der Waals surface area contributed by atoms with Gasteiger partial charge in [-0.05, 0) is 58.7 Å². The van der Waals surface area contributed by atoms with Gasteiger partial charge >= 0.3 is 6.61 Å². The van der Waals surface area contributed by atoms with Crippen molar-refractivity contribution in [1.29, 1.82) is 0 Å². The van der Waals surface area contributed by atoms with E-state index in [1.54, 1.807) is 18.2 Å². The van der Waals surface area contributed by atoms with Crippen molar-refractivity contribution in [3.05, 3.63) is 89.7 Å². The van der Waals surface area contributed by atoms with E-state index in [4.69, 9.17) is 0 Å². The van der Waals surface area contributed by atoms with Gasteiger partial charge in [0.05, 0.1) is 0 Å². The fourth-order valence-corrected chi connectivity index (χ4v) is 4.41. The molecule has 6 heteroatoms. The average Bonchev–Trinajstić information content (AvgIpc) is 2.86. The lowest BCUT2D eigenvalue weighted by atomic mass is 9.96. The first-order valence-corrected chi connectivity index (χ1v) is 12.1. The largest absolute Gasteiger partial charge is 0.429 e. The number of fused-ring (bicyclic) bond motifs is 1. The van der Waals surface area contributed by atoms with Gasteiger partial charge in [0.15, 0.2) is 17.4 Å². The number of rotatable bonds is 10. The quantitative estimate of drug-likeness (QED) is 0.156. The van der Waals surface area contributed by atoms with E-state index in [0.717, 1.165) is 29.7 Å².